The number of carbonyl (C=O) groups excluding carboxylic acids is 1. The van der Waals surface area contributed by atoms with E-state index in [-0.39, 0.29) is 11.7 Å². The molecule has 0 bridgehead atoms. The number of rotatable bonds is 4. The smallest absolute Gasteiger partial charge is 0.251 e. The molecule has 1 amide bonds. The van der Waals surface area contributed by atoms with Crippen molar-refractivity contribution in [2.45, 2.75) is 0 Å². The lowest BCUT2D eigenvalue weighted by Gasteiger charge is -2.07. The Bertz CT molecular complexity index is 848. The molecule has 3 rings (SSSR count). The molecule has 24 heavy (non-hydrogen) atoms. The van der Waals surface area contributed by atoms with Crippen molar-refractivity contribution in [3.05, 3.63) is 72.2 Å². The van der Waals surface area contributed by atoms with Crippen molar-refractivity contribution in [2.24, 2.45) is 0 Å². The van der Waals surface area contributed by atoms with Crippen LogP contribution in [-0.2, 0) is 0 Å². The van der Waals surface area contributed by atoms with Gasteiger partial charge in [-0.2, -0.15) is 0 Å². The third-order valence-electron chi connectivity index (χ3n) is 3.43. The monoisotopic (exact) mass is 322 g/mol. The number of hydrogen-bond acceptors (Lipinski definition) is 4. The molecule has 0 unspecified atom stereocenters. The average Bonchev–Trinajstić information content (AvgIpc) is 2.62. The first-order valence-corrected chi connectivity index (χ1v) is 7.34. The molecular weight excluding hydrogens is 307 g/mol. The Morgan fingerprint density at radius 3 is 2.38 bits per heavy atom. The maximum absolute atomic E-state index is 13.0. The van der Waals surface area contributed by atoms with E-state index in [9.17, 15) is 9.18 Å². The Morgan fingerprint density at radius 1 is 1.00 bits per heavy atom. The molecule has 0 atom stereocenters. The highest BCUT2D eigenvalue weighted by molar-refractivity contribution is 5.94. The van der Waals surface area contributed by atoms with Crippen molar-refractivity contribution in [3.63, 3.8) is 0 Å². The zero-order chi connectivity index (χ0) is 16.9. The minimum Gasteiger partial charge on any atom is -0.355 e. The Balaban J connectivity index is 1.79. The molecule has 1 aromatic heterocycles. The normalized spacial score (nSPS) is 10.2. The van der Waals surface area contributed by atoms with Gasteiger partial charge in [-0.3, -0.25) is 4.79 Å². The van der Waals surface area contributed by atoms with Crippen LogP contribution in [0.4, 0.5) is 16.0 Å². The zero-order valence-electron chi connectivity index (χ0n) is 13.0. The van der Waals surface area contributed by atoms with Crippen molar-refractivity contribution < 1.29 is 9.18 Å². The van der Waals surface area contributed by atoms with Gasteiger partial charge in [0.1, 0.15) is 5.82 Å². The maximum atomic E-state index is 13.0. The standard InChI is InChI=1S/C18H15FN4O/c1-20-17(24)13-4-8-15(9-5-13)22-18-21-11-10-16(23-18)12-2-6-14(19)7-3-12/h2-11H,1H3,(H,20,24)(H,21,22,23). The highest BCUT2D eigenvalue weighted by Gasteiger charge is 2.05. The van der Waals surface area contributed by atoms with Crippen molar-refractivity contribution in [3.8, 4) is 11.3 Å². The molecule has 0 aliphatic carbocycles. The largest absolute Gasteiger partial charge is 0.355 e. The summed E-state index contributed by atoms with van der Waals surface area (Å²) in [6, 6.07) is 14.9. The Hall–Kier alpha value is -3.28. The number of carbonyl (C=O) groups is 1. The second-order valence-corrected chi connectivity index (χ2v) is 5.05. The molecule has 0 saturated heterocycles. The van der Waals surface area contributed by atoms with E-state index >= 15 is 0 Å². The van der Waals surface area contributed by atoms with Crippen LogP contribution in [0.25, 0.3) is 11.3 Å². The summed E-state index contributed by atoms with van der Waals surface area (Å²) in [6.45, 7) is 0. The summed E-state index contributed by atoms with van der Waals surface area (Å²) in [5.41, 5.74) is 2.83. The molecule has 3 aromatic rings. The molecule has 120 valence electrons. The van der Waals surface area contributed by atoms with E-state index in [0.717, 1.165) is 11.3 Å². The summed E-state index contributed by atoms with van der Waals surface area (Å²) in [5.74, 6) is -0.0111. The minimum atomic E-state index is -0.289. The van der Waals surface area contributed by atoms with Crippen molar-refractivity contribution in [1.29, 1.82) is 0 Å². The molecule has 0 aliphatic rings. The van der Waals surface area contributed by atoms with Crippen LogP contribution in [0.3, 0.4) is 0 Å². The van der Waals surface area contributed by atoms with Crippen molar-refractivity contribution >= 4 is 17.5 Å². The molecule has 0 spiro atoms. The topological polar surface area (TPSA) is 66.9 Å². The van der Waals surface area contributed by atoms with E-state index in [4.69, 9.17) is 0 Å². The first-order chi connectivity index (χ1) is 11.7. The fourth-order valence-electron chi connectivity index (χ4n) is 2.18. The lowest BCUT2D eigenvalue weighted by molar-refractivity contribution is 0.0963. The number of nitrogens with one attached hydrogen (secondary N) is 2. The second-order valence-electron chi connectivity index (χ2n) is 5.05. The second kappa shape index (κ2) is 6.87. The van der Waals surface area contributed by atoms with Crippen LogP contribution in [0.15, 0.2) is 60.8 Å². The van der Waals surface area contributed by atoms with E-state index in [1.165, 1.54) is 12.1 Å². The van der Waals surface area contributed by atoms with Gasteiger partial charge in [-0.15, -0.1) is 0 Å². The summed E-state index contributed by atoms with van der Waals surface area (Å²) in [7, 11) is 1.59. The van der Waals surface area contributed by atoms with Gasteiger partial charge in [-0.1, -0.05) is 0 Å². The van der Waals surface area contributed by atoms with Gasteiger partial charge >= 0.3 is 0 Å². The predicted molar refractivity (Wildman–Crippen MR) is 90.5 cm³/mol. The van der Waals surface area contributed by atoms with E-state index in [1.54, 1.807) is 55.7 Å². The van der Waals surface area contributed by atoms with Crippen molar-refractivity contribution in [1.82, 2.24) is 15.3 Å². The molecule has 0 aliphatic heterocycles. The molecule has 2 aromatic carbocycles. The fraction of sp³-hybridized carbons (Fsp3) is 0.0556. The molecule has 0 fully saturated rings. The summed E-state index contributed by atoms with van der Waals surface area (Å²) in [4.78, 5) is 20.1. The average molecular weight is 322 g/mol. The van der Waals surface area contributed by atoms with Crippen LogP contribution >= 0.6 is 0 Å². The zero-order valence-corrected chi connectivity index (χ0v) is 13.0. The molecule has 6 heteroatoms. The van der Waals surface area contributed by atoms with Gasteiger partial charge in [-0.05, 0) is 54.6 Å². The maximum Gasteiger partial charge on any atom is 0.251 e. The molecule has 5 nitrogen and oxygen atoms in total. The fourth-order valence-corrected chi connectivity index (χ4v) is 2.18. The Morgan fingerprint density at radius 2 is 1.71 bits per heavy atom. The number of hydrogen-bond donors (Lipinski definition) is 2. The summed E-state index contributed by atoms with van der Waals surface area (Å²) in [5, 5.41) is 5.65. The summed E-state index contributed by atoms with van der Waals surface area (Å²) in [6.07, 6.45) is 1.63. The van der Waals surface area contributed by atoms with E-state index < -0.39 is 0 Å². The van der Waals surface area contributed by atoms with E-state index in [0.29, 0.717) is 17.2 Å². The van der Waals surface area contributed by atoms with Crippen molar-refractivity contribution in [2.75, 3.05) is 12.4 Å². The number of halogens is 1. The van der Waals surface area contributed by atoms with Gasteiger partial charge in [0.2, 0.25) is 5.95 Å². The first-order valence-electron chi connectivity index (χ1n) is 7.34. The number of nitrogens with zero attached hydrogens (tertiary/aromatic N) is 2. The van der Waals surface area contributed by atoms with Crippen LogP contribution in [0.2, 0.25) is 0 Å². The van der Waals surface area contributed by atoms with Crippen LogP contribution in [-0.4, -0.2) is 22.9 Å². The molecule has 0 radical (unpaired) electrons. The van der Waals surface area contributed by atoms with Crippen LogP contribution in [0.1, 0.15) is 10.4 Å². The highest BCUT2D eigenvalue weighted by atomic mass is 19.1. The predicted octanol–water partition coefficient (Wildman–Crippen LogP) is 3.39. The van der Waals surface area contributed by atoms with Gasteiger partial charge in [0.05, 0.1) is 5.69 Å². The number of benzene rings is 2. The lowest BCUT2D eigenvalue weighted by atomic mass is 10.1. The number of amides is 1. The van der Waals surface area contributed by atoms with E-state index in [2.05, 4.69) is 20.6 Å². The molecule has 2 N–H and O–H groups in total. The SMILES string of the molecule is CNC(=O)c1ccc(Nc2nccc(-c3ccc(F)cc3)n2)cc1. The van der Waals surface area contributed by atoms with E-state index in [1.807, 2.05) is 0 Å². The van der Waals surface area contributed by atoms with Gasteiger partial charge in [0.15, 0.2) is 0 Å². The Kier molecular flexibility index (Phi) is 4.47. The van der Waals surface area contributed by atoms with Crippen LogP contribution in [0.5, 0.6) is 0 Å². The molecule has 0 saturated carbocycles. The summed E-state index contributed by atoms with van der Waals surface area (Å²) >= 11 is 0. The van der Waals surface area contributed by atoms with Crippen LogP contribution in [0, 0.1) is 5.82 Å². The Labute approximate surface area is 138 Å². The molecular formula is C18H15FN4O. The first kappa shape index (κ1) is 15.6. The lowest BCUT2D eigenvalue weighted by Crippen LogP contribution is -2.17. The number of aromatic nitrogens is 2. The third-order valence-corrected chi connectivity index (χ3v) is 3.43. The quantitative estimate of drug-likeness (QED) is 0.773. The summed E-state index contributed by atoms with van der Waals surface area (Å²) < 4.78 is 13.0. The van der Waals surface area contributed by atoms with Gasteiger partial charge in [-0.25, -0.2) is 14.4 Å². The highest BCUT2D eigenvalue weighted by Crippen LogP contribution is 2.20. The third kappa shape index (κ3) is 3.55. The van der Waals surface area contributed by atoms with Gasteiger partial charge in [0.25, 0.3) is 5.91 Å². The van der Waals surface area contributed by atoms with Gasteiger partial charge in [0, 0.05) is 30.1 Å². The van der Waals surface area contributed by atoms with Gasteiger partial charge < -0.3 is 10.6 Å². The number of anilines is 2. The molecule has 1 heterocycles. The van der Waals surface area contributed by atoms with Crippen LogP contribution < -0.4 is 10.6 Å². The minimum absolute atomic E-state index is 0.142.